The van der Waals surface area contributed by atoms with Gasteiger partial charge in [-0.05, 0) is 68.7 Å². The van der Waals surface area contributed by atoms with Crippen molar-refractivity contribution in [2.24, 2.45) is 11.3 Å². The predicted octanol–water partition coefficient (Wildman–Crippen LogP) is 3.70. The van der Waals surface area contributed by atoms with E-state index < -0.39 is 24.3 Å². The van der Waals surface area contributed by atoms with Gasteiger partial charge in [-0.3, -0.25) is 9.78 Å². The number of hydrogen-bond donors (Lipinski definition) is 2. The minimum absolute atomic E-state index is 0.140. The van der Waals surface area contributed by atoms with Crippen LogP contribution in [0.3, 0.4) is 0 Å². The van der Waals surface area contributed by atoms with Gasteiger partial charge < -0.3 is 24.7 Å². The second-order valence-electron chi connectivity index (χ2n) is 9.67. The van der Waals surface area contributed by atoms with Crippen molar-refractivity contribution in [3.8, 4) is 0 Å². The van der Waals surface area contributed by atoms with Crippen molar-refractivity contribution >= 4 is 17.8 Å². The number of piperidine rings is 2. The molecular weight excluding hydrogens is 540 g/mol. The number of amides is 1. The van der Waals surface area contributed by atoms with Gasteiger partial charge in [0.15, 0.2) is 0 Å². The first-order chi connectivity index (χ1) is 18.1. The van der Waals surface area contributed by atoms with Crippen molar-refractivity contribution in [3.05, 3.63) is 30.1 Å². The Kier molecular flexibility index (Phi) is 11.5. The third-order valence-corrected chi connectivity index (χ3v) is 6.96. The normalized spacial score (nSPS) is 21.3. The molecule has 1 amide bonds. The molecule has 0 saturated carbocycles. The minimum atomic E-state index is -5.08. The number of carboxylic acids is 2. The topological polar surface area (TPSA) is 120 Å². The van der Waals surface area contributed by atoms with Gasteiger partial charge >= 0.3 is 24.3 Å². The maximum Gasteiger partial charge on any atom is 0.490 e. The van der Waals surface area contributed by atoms with Crippen LogP contribution in [0.5, 0.6) is 0 Å². The molecule has 3 aliphatic rings. The third kappa shape index (κ3) is 10.6. The number of ether oxygens (including phenoxy) is 1. The molecule has 15 heteroatoms. The lowest BCUT2D eigenvalue weighted by Gasteiger charge is -2.47. The van der Waals surface area contributed by atoms with Crippen molar-refractivity contribution in [1.82, 2.24) is 14.8 Å². The molecular formula is C24H31F6N3O6. The van der Waals surface area contributed by atoms with Crippen molar-refractivity contribution in [1.29, 1.82) is 0 Å². The summed E-state index contributed by atoms with van der Waals surface area (Å²) in [6.07, 6.45) is -0.664. The highest BCUT2D eigenvalue weighted by molar-refractivity contribution is 5.93. The number of pyridine rings is 1. The Bertz CT molecular complexity index is 912. The molecule has 0 radical (unpaired) electrons. The van der Waals surface area contributed by atoms with Gasteiger partial charge in [0.2, 0.25) is 0 Å². The maximum absolute atomic E-state index is 12.6. The number of likely N-dealkylation sites (tertiary alicyclic amines) is 2. The van der Waals surface area contributed by atoms with E-state index in [1.165, 1.54) is 38.9 Å². The Morgan fingerprint density at radius 1 is 0.949 bits per heavy atom. The summed E-state index contributed by atoms with van der Waals surface area (Å²) in [5, 5.41) is 14.2. The zero-order valence-electron chi connectivity index (χ0n) is 21.0. The molecule has 3 saturated heterocycles. The number of carboxylic acid groups (broad SMARTS) is 2. The van der Waals surface area contributed by atoms with Crippen LogP contribution in [0.1, 0.15) is 42.5 Å². The second kappa shape index (κ2) is 13.9. The number of halogens is 6. The molecule has 2 N–H and O–H groups in total. The minimum Gasteiger partial charge on any atom is -0.475 e. The van der Waals surface area contributed by atoms with E-state index >= 15 is 0 Å². The average molecular weight is 572 g/mol. The average Bonchev–Trinajstić information content (AvgIpc) is 3.39. The number of carbonyl (C=O) groups is 3. The van der Waals surface area contributed by atoms with Crippen molar-refractivity contribution in [3.63, 3.8) is 0 Å². The zero-order valence-corrected chi connectivity index (χ0v) is 21.0. The van der Waals surface area contributed by atoms with E-state index in [0.29, 0.717) is 11.0 Å². The monoisotopic (exact) mass is 571 g/mol. The van der Waals surface area contributed by atoms with Crippen LogP contribution in [0.2, 0.25) is 0 Å². The van der Waals surface area contributed by atoms with Gasteiger partial charge in [-0.15, -0.1) is 0 Å². The van der Waals surface area contributed by atoms with E-state index in [4.69, 9.17) is 24.5 Å². The molecule has 1 aromatic heterocycles. The lowest BCUT2D eigenvalue weighted by atomic mass is 9.71. The molecule has 1 unspecified atom stereocenters. The highest BCUT2D eigenvalue weighted by Gasteiger charge is 2.40. The number of hydrogen-bond acceptors (Lipinski definition) is 6. The van der Waals surface area contributed by atoms with Crippen molar-refractivity contribution in [2.75, 3.05) is 45.9 Å². The fourth-order valence-electron chi connectivity index (χ4n) is 4.66. The number of aliphatic carboxylic acids is 2. The summed E-state index contributed by atoms with van der Waals surface area (Å²) in [5.41, 5.74) is 1.18. The first-order valence-corrected chi connectivity index (χ1v) is 12.2. The second-order valence-corrected chi connectivity index (χ2v) is 9.67. The zero-order chi connectivity index (χ0) is 29.3. The largest absolute Gasteiger partial charge is 0.490 e. The standard InChI is InChI=1S/C20H29N3O2.2C2HF3O2/c24-19(18-2-1-8-21-14-18)23-11-6-20(7-12-23)4-9-22(10-5-20)15-17-3-13-25-16-17;2*3-2(4,5)1(6)7/h1-2,8,14,17H,3-7,9-13,15-16H2;2*(H,6,7). The summed E-state index contributed by atoms with van der Waals surface area (Å²) in [4.78, 5) is 39.1. The van der Waals surface area contributed by atoms with Crippen molar-refractivity contribution in [2.45, 2.75) is 44.5 Å². The first-order valence-electron chi connectivity index (χ1n) is 12.2. The molecule has 1 spiro atoms. The van der Waals surface area contributed by atoms with Gasteiger partial charge in [0.25, 0.3) is 5.91 Å². The number of alkyl halides is 6. The van der Waals surface area contributed by atoms with Crippen LogP contribution >= 0.6 is 0 Å². The Morgan fingerprint density at radius 2 is 1.46 bits per heavy atom. The Labute approximate surface area is 220 Å². The lowest BCUT2D eigenvalue weighted by Crippen LogP contribution is -2.48. The molecule has 1 aromatic rings. The Hall–Kier alpha value is -2.94. The molecule has 4 heterocycles. The molecule has 3 aliphatic heterocycles. The molecule has 220 valence electrons. The highest BCUT2D eigenvalue weighted by atomic mass is 19.4. The summed E-state index contributed by atoms with van der Waals surface area (Å²) in [5.74, 6) is -4.63. The van der Waals surface area contributed by atoms with Crippen molar-refractivity contribution < 1.29 is 55.7 Å². The summed E-state index contributed by atoms with van der Waals surface area (Å²) >= 11 is 0. The fourth-order valence-corrected chi connectivity index (χ4v) is 4.66. The van der Waals surface area contributed by atoms with E-state index in [0.717, 1.165) is 45.1 Å². The van der Waals surface area contributed by atoms with Crippen LogP contribution < -0.4 is 0 Å². The van der Waals surface area contributed by atoms with E-state index in [1.807, 2.05) is 17.0 Å². The van der Waals surface area contributed by atoms with Crippen LogP contribution in [0.15, 0.2) is 24.5 Å². The number of aromatic nitrogens is 1. The maximum atomic E-state index is 12.6. The lowest BCUT2D eigenvalue weighted by molar-refractivity contribution is -0.193. The predicted molar refractivity (Wildman–Crippen MR) is 124 cm³/mol. The molecule has 0 bridgehead atoms. The summed E-state index contributed by atoms with van der Waals surface area (Å²) in [6, 6.07) is 3.70. The van der Waals surface area contributed by atoms with Crippen LogP contribution in [-0.2, 0) is 14.3 Å². The number of carbonyl (C=O) groups excluding carboxylic acids is 1. The van der Waals surface area contributed by atoms with Gasteiger partial charge in [0, 0.05) is 38.6 Å². The smallest absolute Gasteiger partial charge is 0.475 e. The van der Waals surface area contributed by atoms with Gasteiger partial charge in [-0.2, -0.15) is 26.3 Å². The summed E-state index contributed by atoms with van der Waals surface area (Å²) < 4.78 is 69.0. The van der Waals surface area contributed by atoms with Gasteiger partial charge in [0.05, 0.1) is 12.2 Å². The Morgan fingerprint density at radius 3 is 1.87 bits per heavy atom. The number of nitrogens with zero attached hydrogens (tertiary/aromatic N) is 3. The molecule has 1 atom stereocenters. The molecule has 39 heavy (non-hydrogen) atoms. The molecule has 9 nitrogen and oxygen atoms in total. The molecule has 0 aromatic carbocycles. The number of rotatable bonds is 3. The van der Waals surface area contributed by atoms with Crippen LogP contribution in [0, 0.1) is 11.3 Å². The molecule has 4 rings (SSSR count). The quantitative estimate of drug-likeness (QED) is 0.527. The van der Waals surface area contributed by atoms with E-state index in [-0.39, 0.29) is 5.91 Å². The van der Waals surface area contributed by atoms with E-state index in [2.05, 4.69) is 9.88 Å². The van der Waals surface area contributed by atoms with Crippen LogP contribution in [-0.4, -0.2) is 101 Å². The van der Waals surface area contributed by atoms with Crippen LogP contribution in [0.4, 0.5) is 26.3 Å². The van der Waals surface area contributed by atoms with Gasteiger partial charge in [-0.1, -0.05) is 0 Å². The summed E-state index contributed by atoms with van der Waals surface area (Å²) in [7, 11) is 0. The van der Waals surface area contributed by atoms with Gasteiger partial charge in [0.1, 0.15) is 0 Å². The van der Waals surface area contributed by atoms with E-state index in [9.17, 15) is 31.1 Å². The fraction of sp³-hybridized carbons (Fsp3) is 0.667. The molecule has 0 aliphatic carbocycles. The van der Waals surface area contributed by atoms with Crippen LogP contribution in [0.25, 0.3) is 0 Å². The Balaban J connectivity index is 0.000000317. The SMILES string of the molecule is O=C(O)C(F)(F)F.O=C(O)C(F)(F)F.O=C(c1cccnc1)N1CCC2(CCN(CC3CCOC3)CC2)CC1. The highest BCUT2D eigenvalue weighted by Crippen LogP contribution is 2.41. The first kappa shape index (κ1) is 32.3. The molecule has 3 fully saturated rings. The van der Waals surface area contributed by atoms with E-state index in [1.54, 1.807) is 12.4 Å². The summed E-state index contributed by atoms with van der Waals surface area (Å²) in [6.45, 7) is 7.33. The third-order valence-electron chi connectivity index (χ3n) is 6.96. The van der Waals surface area contributed by atoms with Gasteiger partial charge in [-0.25, -0.2) is 9.59 Å².